The van der Waals surface area contributed by atoms with E-state index in [1.807, 2.05) is 19.1 Å². The summed E-state index contributed by atoms with van der Waals surface area (Å²) in [5, 5.41) is 13.1. The number of phenolic OH excluding ortho intramolecular Hbond substituents is 1. The number of carbonyl (C=O) groups is 2. The molecule has 1 aliphatic rings. The zero-order chi connectivity index (χ0) is 19.4. The molecule has 5 nitrogen and oxygen atoms in total. The van der Waals surface area contributed by atoms with Crippen LogP contribution in [-0.2, 0) is 22.6 Å². The lowest BCUT2D eigenvalue weighted by molar-refractivity contribution is -0.138. The third-order valence-electron chi connectivity index (χ3n) is 4.78. The number of benzene rings is 2. The monoisotopic (exact) mass is 386 g/mol. The van der Waals surface area contributed by atoms with Crippen LogP contribution in [0.15, 0.2) is 48.5 Å². The van der Waals surface area contributed by atoms with E-state index in [1.54, 1.807) is 41.3 Å². The van der Waals surface area contributed by atoms with Crippen LogP contribution in [0.2, 0.25) is 5.02 Å². The van der Waals surface area contributed by atoms with Crippen molar-refractivity contribution in [1.82, 2.24) is 10.2 Å². The molecule has 2 aromatic rings. The lowest BCUT2D eigenvalue weighted by atomic mass is 10.1. The fraction of sp³-hybridized carbons (Fsp3) is 0.333. The van der Waals surface area contributed by atoms with Crippen molar-refractivity contribution in [2.45, 2.75) is 32.4 Å². The highest BCUT2D eigenvalue weighted by Crippen LogP contribution is 2.24. The number of hydrogen-bond acceptors (Lipinski definition) is 3. The maximum atomic E-state index is 12.7. The van der Waals surface area contributed by atoms with E-state index >= 15 is 0 Å². The van der Waals surface area contributed by atoms with Crippen molar-refractivity contribution in [2.24, 2.45) is 5.92 Å². The second-order valence-corrected chi connectivity index (χ2v) is 7.53. The number of rotatable bonds is 5. The van der Waals surface area contributed by atoms with Crippen molar-refractivity contribution >= 4 is 23.4 Å². The molecular weight excluding hydrogens is 364 g/mol. The van der Waals surface area contributed by atoms with Crippen LogP contribution in [0.5, 0.6) is 5.75 Å². The van der Waals surface area contributed by atoms with E-state index in [1.165, 1.54) is 0 Å². The van der Waals surface area contributed by atoms with Gasteiger partial charge in [-0.3, -0.25) is 9.59 Å². The van der Waals surface area contributed by atoms with Crippen molar-refractivity contribution in [1.29, 1.82) is 0 Å². The molecule has 2 N–H and O–H groups in total. The van der Waals surface area contributed by atoms with Gasteiger partial charge in [0, 0.05) is 18.1 Å². The van der Waals surface area contributed by atoms with Crippen LogP contribution >= 0.6 is 11.6 Å². The summed E-state index contributed by atoms with van der Waals surface area (Å²) >= 11 is 5.88. The zero-order valence-corrected chi connectivity index (χ0v) is 15.9. The van der Waals surface area contributed by atoms with Crippen LogP contribution in [0.4, 0.5) is 0 Å². The van der Waals surface area contributed by atoms with Crippen molar-refractivity contribution in [3.05, 3.63) is 64.7 Å². The maximum absolute atomic E-state index is 12.7. The Morgan fingerprint density at radius 2 is 1.93 bits per heavy atom. The summed E-state index contributed by atoms with van der Waals surface area (Å²) in [5.74, 6) is 0.159. The standard InChI is InChI=1S/C21H23ClN2O3/c1-14-9-19(21(27)23-12-15-5-7-17(22)8-6-15)24(13-14)20(26)11-16-3-2-4-18(25)10-16/h2-8,10,14,19,25H,9,11-13H2,1H3,(H,23,27)/t14?,19-/m0/s1. The molecule has 2 aromatic carbocycles. The molecule has 1 fully saturated rings. The van der Waals surface area contributed by atoms with Gasteiger partial charge in [0.05, 0.1) is 6.42 Å². The van der Waals surface area contributed by atoms with Gasteiger partial charge in [0.15, 0.2) is 0 Å². The Labute approximate surface area is 163 Å². The van der Waals surface area contributed by atoms with Gasteiger partial charge in [-0.05, 0) is 47.7 Å². The van der Waals surface area contributed by atoms with Crippen molar-refractivity contribution < 1.29 is 14.7 Å². The largest absolute Gasteiger partial charge is 0.508 e. The minimum absolute atomic E-state index is 0.100. The quantitative estimate of drug-likeness (QED) is 0.829. The predicted octanol–water partition coefficient (Wildman–Crippen LogP) is 3.14. The van der Waals surface area contributed by atoms with Gasteiger partial charge < -0.3 is 15.3 Å². The third-order valence-corrected chi connectivity index (χ3v) is 5.03. The minimum atomic E-state index is -0.461. The summed E-state index contributed by atoms with van der Waals surface area (Å²) in [6.07, 6.45) is 0.820. The Bertz CT molecular complexity index is 822. The van der Waals surface area contributed by atoms with Gasteiger partial charge in [0.2, 0.25) is 11.8 Å². The molecule has 1 aliphatic heterocycles. The zero-order valence-electron chi connectivity index (χ0n) is 15.2. The van der Waals surface area contributed by atoms with E-state index in [2.05, 4.69) is 5.32 Å². The average molecular weight is 387 g/mol. The molecule has 0 radical (unpaired) electrons. The number of likely N-dealkylation sites (tertiary alicyclic amines) is 1. The normalized spacial score (nSPS) is 19.1. The third kappa shape index (κ3) is 5.01. The van der Waals surface area contributed by atoms with E-state index < -0.39 is 6.04 Å². The molecule has 1 unspecified atom stereocenters. The highest BCUT2D eigenvalue weighted by molar-refractivity contribution is 6.30. The summed E-state index contributed by atoms with van der Waals surface area (Å²) < 4.78 is 0. The van der Waals surface area contributed by atoms with Crippen LogP contribution in [0.25, 0.3) is 0 Å². The van der Waals surface area contributed by atoms with Crippen LogP contribution in [0, 0.1) is 5.92 Å². The van der Waals surface area contributed by atoms with E-state index in [0.717, 1.165) is 11.1 Å². The first-order valence-electron chi connectivity index (χ1n) is 9.02. The average Bonchev–Trinajstić information content (AvgIpc) is 3.03. The minimum Gasteiger partial charge on any atom is -0.508 e. The number of carbonyl (C=O) groups excluding carboxylic acids is 2. The van der Waals surface area contributed by atoms with Crippen LogP contribution in [0.1, 0.15) is 24.5 Å². The first-order valence-corrected chi connectivity index (χ1v) is 9.39. The summed E-state index contributed by atoms with van der Waals surface area (Å²) in [6, 6.07) is 13.5. The number of nitrogens with one attached hydrogen (secondary N) is 1. The lowest BCUT2D eigenvalue weighted by Gasteiger charge is -2.24. The molecule has 0 aliphatic carbocycles. The fourth-order valence-corrected chi connectivity index (χ4v) is 3.55. The second-order valence-electron chi connectivity index (χ2n) is 7.09. The molecule has 6 heteroatoms. The fourth-order valence-electron chi connectivity index (χ4n) is 3.42. The highest BCUT2D eigenvalue weighted by Gasteiger charge is 2.37. The van der Waals surface area contributed by atoms with Crippen LogP contribution < -0.4 is 5.32 Å². The van der Waals surface area contributed by atoms with Gasteiger partial charge in [-0.2, -0.15) is 0 Å². The molecule has 142 valence electrons. The molecule has 1 heterocycles. The molecule has 0 bridgehead atoms. The van der Waals surface area contributed by atoms with Crippen LogP contribution in [-0.4, -0.2) is 34.4 Å². The molecule has 0 aromatic heterocycles. The van der Waals surface area contributed by atoms with Gasteiger partial charge in [-0.25, -0.2) is 0 Å². The molecule has 3 rings (SSSR count). The Morgan fingerprint density at radius 3 is 2.63 bits per heavy atom. The lowest BCUT2D eigenvalue weighted by Crippen LogP contribution is -2.46. The highest BCUT2D eigenvalue weighted by atomic mass is 35.5. The number of halogens is 1. The van der Waals surface area contributed by atoms with Crippen molar-refractivity contribution in [2.75, 3.05) is 6.54 Å². The number of aromatic hydroxyl groups is 1. The molecule has 2 atom stereocenters. The number of amides is 2. The number of nitrogens with zero attached hydrogens (tertiary/aromatic N) is 1. The summed E-state index contributed by atoms with van der Waals surface area (Å²) in [4.78, 5) is 27.1. The van der Waals surface area contributed by atoms with E-state index in [-0.39, 0.29) is 29.9 Å². The molecule has 1 saturated heterocycles. The Kier molecular flexibility index (Phi) is 6.01. The molecule has 0 spiro atoms. The van der Waals surface area contributed by atoms with E-state index in [9.17, 15) is 14.7 Å². The van der Waals surface area contributed by atoms with Gasteiger partial charge >= 0.3 is 0 Å². The number of phenols is 1. The SMILES string of the molecule is CC1C[C@@H](C(=O)NCc2ccc(Cl)cc2)N(C(=O)Cc2cccc(O)c2)C1. The Morgan fingerprint density at radius 1 is 1.19 bits per heavy atom. The summed E-state index contributed by atoms with van der Waals surface area (Å²) in [5.41, 5.74) is 1.69. The van der Waals surface area contributed by atoms with Crippen LogP contribution in [0.3, 0.4) is 0 Å². The number of hydrogen-bond donors (Lipinski definition) is 2. The first-order chi connectivity index (χ1) is 12.9. The van der Waals surface area contributed by atoms with E-state index in [0.29, 0.717) is 24.5 Å². The van der Waals surface area contributed by atoms with Crippen molar-refractivity contribution in [3.63, 3.8) is 0 Å². The molecule has 27 heavy (non-hydrogen) atoms. The molecule has 0 saturated carbocycles. The summed E-state index contributed by atoms with van der Waals surface area (Å²) in [7, 11) is 0. The first kappa shape index (κ1) is 19.2. The second kappa shape index (κ2) is 8.44. The van der Waals surface area contributed by atoms with Crippen molar-refractivity contribution in [3.8, 4) is 5.75 Å². The maximum Gasteiger partial charge on any atom is 0.243 e. The van der Waals surface area contributed by atoms with Gasteiger partial charge in [0.1, 0.15) is 11.8 Å². The smallest absolute Gasteiger partial charge is 0.243 e. The van der Waals surface area contributed by atoms with E-state index in [4.69, 9.17) is 11.6 Å². The molecule has 2 amide bonds. The molecular formula is C21H23ClN2O3. The van der Waals surface area contributed by atoms with Gasteiger partial charge in [-0.1, -0.05) is 42.8 Å². The Balaban J connectivity index is 1.63. The van der Waals surface area contributed by atoms with Gasteiger partial charge in [0.25, 0.3) is 0 Å². The van der Waals surface area contributed by atoms with Gasteiger partial charge in [-0.15, -0.1) is 0 Å². The Hall–Kier alpha value is -2.53. The topological polar surface area (TPSA) is 69.6 Å². The predicted molar refractivity (Wildman–Crippen MR) is 104 cm³/mol. The summed E-state index contributed by atoms with van der Waals surface area (Å²) in [6.45, 7) is 3.01.